The molecule has 4 heteroatoms. The van der Waals surface area contributed by atoms with Crippen LogP contribution in [0.1, 0.15) is 4.88 Å². The van der Waals surface area contributed by atoms with E-state index in [0.29, 0.717) is 6.42 Å². The number of rotatable bonds is 3. The second-order valence-corrected chi connectivity index (χ2v) is 3.35. The first-order valence-corrected chi connectivity index (χ1v) is 4.16. The zero-order chi connectivity index (χ0) is 8.27. The summed E-state index contributed by atoms with van der Waals surface area (Å²) in [5, 5.41) is 10.5. The highest BCUT2D eigenvalue weighted by Crippen LogP contribution is 2.09. The van der Waals surface area contributed by atoms with E-state index in [4.69, 9.17) is 5.11 Å². The second-order valence-electron chi connectivity index (χ2n) is 2.32. The molecule has 3 nitrogen and oxygen atoms in total. The summed E-state index contributed by atoms with van der Waals surface area (Å²) in [6.45, 7) is 0. The summed E-state index contributed by atoms with van der Waals surface area (Å²) in [7, 11) is 0. The van der Waals surface area contributed by atoms with Gasteiger partial charge in [0.2, 0.25) is 0 Å². The Morgan fingerprint density at radius 2 is 2.55 bits per heavy atom. The Kier molecular flexibility index (Phi) is 2.62. The van der Waals surface area contributed by atoms with Gasteiger partial charge in [-0.05, 0) is 11.4 Å². The van der Waals surface area contributed by atoms with Crippen LogP contribution in [0.4, 0.5) is 0 Å². The molecule has 1 aromatic heterocycles. The van der Waals surface area contributed by atoms with E-state index in [1.165, 1.54) is 0 Å². The molecule has 0 radical (unpaired) electrons. The van der Waals surface area contributed by atoms with Crippen molar-refractivity contribution in [1.82, 2.24) is 0 Å². The summed E-state index contributed by atoms with van der Waals surface area (Å²) in [6.07, 6.45) is 0.535. The molecule has 0 saturated heterocycles. The van der Waals surface area contributed by atoms with Crippen molar-refractivity contribution < 1.29 is 15.6 Å². The van der Waals surface area contributed by atoms with E-state index in [9.17, 15) is 4.79 Å². The maximum atomic E-state index is 10.4. The van der Waals surface area contributed by atoms with Crippen molar-refractivity contribution in [1.29, 1.82) is 0 Å². The van der Waals surface area contributed by atoms with Crippen LogP contribution in [-0.4, -0.2) is 17.1 Å². The highest BCUT2D eigenvalue weighted by molar-refractivity contribution is 7.09. The average molecular weight is 172 g/mol. The van der Waals surface area contributed by atoms with E-state index in [1.54, 1.807) is 11.3 Å². The number of quaternary nitrogens is 1. The summed E-state index contributed by atoms with van der Waals surface area (Å²) < 4.78 is 0. The lowest BCUT2D eigenvalue weighted by Crippen LogP contribution is -2.65. The van der Waals surface area contributed by atoms with Gasteiger partial charge in [0.15, 0.2) is 6.04 Å². The maximum Gasteiger partial charge on any atom is 0.362 e. The second kappa shape index (κ2) is 3.50. The van der Waals surface area contributed by atoms with E-state index in [-0.39, 0.29) is 0 Å². The lowest BCUT2D eigenvalue weighted by molar-refractivity contribution is -0.407. The van der Waals surface area contributed by atoms with E-state index in [0.717, 1.165) is 4.88 Å². The number of carboxylic acids is 1. The minimum Gasteiger partial charge on any atom is -0.477 e. The normalized spacial score (nSPS) is 12.8. The van der Waals surface area contributed by atoms with Crippen molar-refractivity contribution in [2.24, 2.45) is 0 Å². The molecule has 0 saturated carbocycles. The van der Waals surface area contributed by atoms with Gasteiger partial charge in [0, 0.05) is 11.3 Å². The molecule has 0 amide bonds. The largest absolute Gasteiger partial charge is 0.477 e. The van der Waals surface area contributed by atoms with Crippen molar-refractivity contribution in [3.63, 3.8) is 0 Å². The molecule has 0 aliphatic carbocycles. The van der Waals surface area contributed by atoms with Crippen molar-refractivity contribution in [2.75, 3.05) is 0 Å². The zero-order valence-electron chi connectivity index (χ0n) is 5.99. The monoisotopic (exact) mass is 172 g/mol. The van der Waals surface area contributed by atoms with Crippen LogP contribution in [0, 0.1) is 0 Å². The van der Waals surface area contributed by atoms with Gasteiger partial charge < -0.3 is 10.8 Å². The van der Waals surface area contributed by atoms with Gasteiger partial charge in [-0.3, -0.25) is 0 Å². The fraction of sp³-hybridized carbons (Fsp3) is 0.286. The van der Waals surface area contributed by atoms with Crippen LogP contribution < -0.4 is 5.73 Å². The lowest BCUT2D eigenvalue weighted by atomic mass is 10.2. The summed E-state index contributed by atoms with van der Waals surface area (Å²) in [5.74, 6) is -0.835. The summed E-state index contributed by atoms with van der Waals surface area (Å²) in [5.41, 5.74) is 3.52. The van der Waals surface area contributed by atoms with Crippen LogP contribution in [0.3, 0.4) is 0 Å². The van der Waals surface area contributed by atoms with Gasteiger partial charge >= 0.3 is 5.97 Å². The van der Waals surface area contributed by atoms with E-state index in [2.05, 4.69) is 5.73 Å². The van der Waals surface area contributed by atoms with Gasteiger partial charge in [-0.15, -0.1) is 11.3 Å². The van der Waals surface area contributed by atoms with Crippen LogP contribution >= 0.6 is 11.3 Å². The number of hydrogen-bond acceptors (Lipinski definition) is 2. The molecule has 1 rings (SSSR count). The molecule has 0 fully saturated rings. The Labute approximate surface area is 68.5 Å². The van der Waals surface area contributed by atoms with Gasteiger partial charge in [-0.1, -0.05) is 6.07 Å². The molecule has 1 heterocycles. The van der Waals surface area contributed by atoms with Crippen molar-refractivity contribution in [3.05, 3.63) is 22.4 Å². The van der Waals surface area contributed by atoms with Crippen LogP contribution in [-0.2, 0) is 11.2 Å². The maximum absolute atomic E-state index is 10.4. The molecule has 0 bridgehead atoms. The Morgan fingerprint density at radius 3 is 3.00 bits per heavy atom. The van der Waals surface area contributed by atoms with Gasteiger partial charge in [0.05, 0.1) is 0 Å². The number of thiophene rings is 1. The van der Waals surface area contributed by atoms with E-state index in [1.807, 2.05) is 17.5 Å². The molecule has 0 aromatic carbocycles. The van der Waals surface area contributed by atoms with Crippen molar-refractivity contribution >= 4 is 17.3 Å². The first kappa shape index (κ1) is 8.23. The van der Waals surface area contributed by atoms with Crippen LogP contribution in [0.2, 0.25) is 0 Å². The third-order valence-electron chi connectivity index (χ3n) is 1.38. The minimum atomic E-state index is -0.835. The van der Waals surface area contributed by atoms with E-state index >= 15 is 0 Å². The minimum absolute atomic E-state index is 0.520. The Bertz CT molecular complexity index is 233. The smallest absolute Gasteiger partial charge is 0.362 e. The fourth-order valence-corrected chi connectivity index (χ4v) is 1.55. The third kappa shape index (κ3) is 2.32. The van der Waals surface area contributed by atoms with Gasteiger partial charge in [-0.2, -0.15) is 0 Å². The standard InChI is InChI=1S/C7H9NO2S/c8-6(7(9)10)4-5-2-1-3-11-5/h1-3,6H,4,8H2,(H,9,10)/p+1. The predicted octanol–water partition coefficient (Wildman–Crippen LogP) is -0.0143. The van der Waals surface area contributed by atoms with Crippen LogP contribution in [0.5, 0.6) is 0 Å². The Hall–Kier alpha value is -0.870. The summed E-state index contributed by atoms with van der Waals surface area (Å²) >= 11 is 1.57. The number of hydrogen-bond donors (Lipinski definition) is 2. The molecule has 0 aliphatic rings. The molecule has 60 valence electrons. The number of aliphatic carboxylic acids is 1. The number of carboxylic acid groups (broad SMARTS) is 1. The summed E-state index contributed by atoms with van der Waals surface area (Å²) in [6, 6.07) is 3.31. The third-order valence-corrected chi connectivity index (χ3v) is 2.28. The van der Waals surface area contributed by atoms with Gasteiger partial charge in [0.1, 0.15) is 0 Å². The zero-order valence-corrected chi connectivity index (χ0v) is 6.80. The molecular weight excluding hydrogens is 162 g/mol. The predicted molar refractivity (Wildman–Crippen MR) is 42.3 cm³/mol. The number of carbonyl (C=O) groups is 1. The van der Waals surface area contributed by atoms with Crippen LogP contribution in [0.15, 0.2) is 17.5 Å². The first-order chi connectivity index (χ1) is 5.20. The first-order valence-electron chi connectivity index (χ1n) is 3.28. The lowest BCUT2D eigenvalue weighted by Gasteiger charge is -1.98. The van der Waals surface area contributed by atoms with E-state index < -0.39 is 12.0 Å². The van der Waals surface area contributed by atoms with Crippen LogP contribution in [0.25, 0.3) is 0 Å². The molecule has 1 atom stereocenters. The molecule has 4 N–H and O–H groups in total. The highest BCUT2D eigenvalue weighted by Gasteiger charge is 2.15. The van der Waals surface area contributed by atoms with Gasteiger partial charge in [0.25, 0.3) is 0 Å². The molecular formula is C7H10NO2S+. The average Bonchev–Trinajstić information content (AvgIpc) is 2.39. The molecule has 1 unspecified atom stereocenters. The van der Waals surface area contributed by atoms with Crippen molar-refractivity contribution in [2.45, 2.75) is 12.5 Å². The van der Waals surface area contributed by atoms with Gasteiger partial charge in [-0.25, -0.2) is 4.79 Å². The molecule has 0 spiro atoms. The summed E-state index contributed by atoms with van der Waals surface area (Å²) in [4.78, 5) is 11.4. The Balaban J connectivity index is 2.50. The quantitative estimate of drug-likeness (QED) is 0.673. The highest BCUT2D eigenvalue weighted by atomic mass is 32.1. The molecule has 11 heavy (non-hydrogen) atoms. The fourth-order valence-electron chi connectivity index (χ4n) is 0.759. The molecule has 1 aromatic rings. The SMILES string of the molecule is [NH3+]C(Cc1cccs1)C(=O)O. The Morgan fingerprint density at radius 1 is 1.82 bits per heavy atom. The molecule has 0 aliphatic heterocycles. The van der Waals surface area contributed by atoms with Crippen molar-refractivity contribution in [3.8, 4) is 0 Å². The topological polar surface area (TPSA) is 64.9 Å².